The predicted octanol–water partition coefficient (Wildman–Crippen LogP) is 2.70. The standard InChI is InChI=1S/C16H12F3N5O/c17-16(18,19)11-8-9(5-7-20-11)14-13(15(25)22-10-3-4-10)23-12-2-1-6-21-24(12)14/h1-2,5-8,10H,3-4H2,(H,22,25). The number of hydrogen-bond acceptors (Lipinski definition) is 4. The first-order chi connectivity index (χ1) is 11.9. The van der Waals surface area contributed by atoms with Crippen LogP contribution < -0.4 is 5.32 Å². The third-order valence-electron chi connectivity index (χ3n) is 3.84. The Morgan fingerprint density at radius 2 is 2.04 bits per heavy atom. The molecule has 1 fully saturated rings. The van der Waals surface area contributed by atoms with E-state index in [1.165, 1.54) is 16.8 Å². The lowest BCUT2D eigenvalue weighted by Gasteiger charge is -2.09. The third kappa shape index (κ3) is 2.92. The molecule has 0 radical (unpaired) electrons. The third-order valence-corrected chi connectivity index (χ3v) is 3.84. The SMILES string of the molecule is O=C(NC1CC1)c1nc2cccnn2c1-c1ccnc(C(F)(F)F)c1. The van der Waals surface area contributed by atoms with E-state index in [4.69, 9.17) is 0 Å². The number of nitrogens with one attached hydrogen (secondary N) is 1. The van der Waals surface area contributed by atoms with Gasteiger partial charge in [-0.25, -0.2) is 9.50 Å². The molecular weight excluding hydrogens is 335 g/mol. The number of carbonyl (C=O) groups is 1. The molecule has 25 heavy (non-hydrogen) atoms. The van der Waals surface area contributed by atoms with Gasteiger partial charge in [0.15, 0.2) is 11.3 Å². The number of pyridine rings is 1. The average molecular weight is 347 g/mol. The maximum Gasteiger partial charge on any atom is 0.433 e. The van der Waals surface area contributed by atoms with Crippen LogP contribution in [0, 0.1) is 0 Å². The first-order valence-electron chi connectivity index (χ1n) is 7.62. The van der Waals surface area contributed by atoms with Gasteiger partial charge in [-0.1, -0.05) is 0 Å². The van der Waals surface area contributed by atoms with E-state index >= 15 is 0 Å². The van der Waals surface area contributed by atoms with Crippen LogP contribution in [0.3, 0.4) is 0 Å². The normalized spacial score (nSPS) is 14.7. The highest BCUT2D eigenvalue weighted by molar-refractivity contribution is 5.99. The second kappa shape index (κ2) is 5.54. The van der Waals surface area contributed by atoms with E-state index in [1.54, 1.807) is 12.1 Å². The number of fused-ring (bicyclic) bond motifs is 1. The number of alkyl halides is 3. The Hall–Kier alpha value is -2.97. The number of imidazole rings is 1. The Kier molecular flexibility index (Phi) is 3.45. The minimum atomic E-state index is -4.58. The van der Waals surface area contributed by atoms with Crippen molar-refractivity contribution in [3.63, 3.8) is 0 Å². The van der Waals surface area contributed by atoms with Gasteiger partial charge >= 0.3 is 6.18 Å². The summed E-state index contributed by atoms with van der Waals surface area (Å²) >= 11 is 0. The van der Waals surface area contributed by atoms with Gasteiger partial charge in [-0.05, 0) is 37.1 Å². The Morgan fingerprint density at radius 1 is 1.24 bits per heavy atom. The van der Waals surface area contributed by atoms with Crippen LogP contribution in [0.15, 0.2) is 36.7 Å². The summed E-state index contributed by atoms with van der Waals surface area (Å²) in [6, 6.07) is 5.67. The smallest absolute Gasteiger partial charge is 0.348 e. The van der Waals surface area contributed by atoms with Gasteiger partial charge in [-0.15, -0.1) is 0 Å². The maximum atomic E-state index is 13.0. The van der Waals surface area contributed by atoms with Gasteiger partial charge in [0.25, 0.3) is 5.91 Å². The summed E-state index contributed by atoms with van der Waals surface area (Å²) in [6.07, 6.45) is -0.267. The van der Waals surface area contributed by atoms with Crippen molar-refractivity contribution >= 4 is 11.6 Å². The zero-order valence-electron chi connectivity index (χ0n) is 12.8. The van der Waals surface area contributed by atoms with Crippen molar-refractivity contribution in [1.82, 2.24) is 24.9 Å². The number of aromatic nitrogens is 4. The molecule has 3 heterocycles. The highest BCUT2D eigenvalue weighted by Crippen LogP contribution is 2.32. The molecule has 0 atom stereocenters. The summed E-state index contributed by atoms with van der Waals surface area (Å²) in [5.41, 5.74) is -0.228. The predicted molar refractivity (Wildman–Crippen MR) is 81.7 cm³/mol. The zero-order valence-corrected chi connectivity index (χ0v) is 12.8. The van der Waals surface area contributed by atoms with Gasteiger partial charge in [-0.3, -0.25) is 9.78 Å². The summed E-state index contributed by atoms with van der Waals surface area (Å²) in [5, 5.41) is 6.93. The molecule has 9 heteroatoms. The quantitative estimate of drug-likeness (QED) is 0.791. The lowest BCUT2D eigenvalue weighted by Crippen LogP contribution is -2.26. The molecule has 0 spiro atoms. The Labute approximate surface area is 139 Å². The van der Waals surface area contributed by atoms with E-state index in [0.29, 0.717) is 5.65 Å². The van der Waals surface area contributed by atoms with Gasteiger partial charge < -0.3 is 5.32 Å². The van der Waals surface area contributed by atoms with E-state index in [-0.39, 0.29) is 23.0 Å². The van der Waals surface area contributed by atoms with Crippen molar-refractivity contribution in [3.05, 3.63) is 48.0 Å². The van der Waals surface area contributed by atoms with E-state index < -0.39 is 17.8 Å². The number of rotatable bonds is 3. The number of halogens is 3. The van der Waals surface area contributed by atoms with Gasteiger partial charge in [0.2, 0.25) is 0 Å². The van der Waals surface area contributed by atoms with Crippen LogP contribution in [0.25, 0.3) is 16.9 Å². The van der Waals surface area contributed by atoms with Crippen LogP contribution in [0.4, 0.5) is 13.2 Å². The molecule has 6 nitrogen and oxygen atoms in total. The summed E-state index contributed by atoms with van der Waals surface area (Å²) < 4.78 is 40.3. The Bertz CT molecular complexity index is 962. The maximum absolute atomic E-state index is 13.0. The minimum Gasteiger partial charge on any atom is -0.348 e. The van der Waals surface area contributed by atoms with Crippen molar-refractivity contribution in [2.24, 2.45) is 0 Å². The number of nitrogens with zero attached hydrogens (tertiary/aromatic N) is 4. The second-order valence-corrected chi connectivity index (χ2v) is 5.78. The van der Waals surface area contributed by atoms with E-state index in [0.717, 1.165) is 25.1 Å². The Balaban J connectivity index is 1.89. The number of carbonyl (C=O) groups excluding carboxylic acids is 1. The molecule has 1 saturated carbocycles. The molecule has 1 amide bonds. The summed E-state index contributed by atoms with van der Waals surface area (Å²) in [5.74, 6) is -0.423. The number of hydrogen-bond donors (Lipinski definition) is 1. The van der Waals surface area contributed by atoms with Crippen molar-refractivity contribution in [2.75, 3.05) is 0 Å². The molecule has 1 N–H and O–H groups in total. The van der Waals surface area contributed by atoms with Crippen molar-refractivity contribution in [2.45, 2.75) is 25.1 Å². The van der Waals surface area contributed by atoms with Crippen LogP contribution in [-0.2, 0) is 6.18 Å². The molecule has 3 aromatic rings. The lowest BCUT2D eigenvalue weighted by molar-refractivity contribution is -0.141. The van der Waals surface area contributed by atoms with Crippen LogP contribution in [-0.4, -0.2) is 31.5 Å². The highest BCUT2D eigenvalue weighted by atomic mass is 19.4. The van der Waals surface area contributed by atoms with Crippen molar-refractivity contribution in [1.29, 1.82) is 0 Å². The molecule has 0 aromatic carbocycles. The Morgan fingerprint density at radius 3 is 2.76 bits per heavy atom. The summed E-state index contributed by atoms with van der Waals surface area (Å²) in [6.45, 7) is 0. The first kappa shape index (κ1) is 15.6. The molecule has 1 aliphatic carbocycles. The molecule has 1 aliphatic rings. The molecule has 128 valence electrons. The van der Waals surface area contributed by atoms with Crippen molar-refractivity contribution < 1.29 is 18.0 Å². The van der Waals surface area contributed by atoms with E-state index in [9.17, 15) is 18.0 Å². The summed E-state index contributed by atoms with van der Waals surface area (Å²) in [7, 11) is 0. The average Bonchev–Trinajstić information content (AvgIpc) is 3.30. The zero-order chi connectivity index (χ0) is 17.6. The van der Waals surface area contributed by atoms with Crippen LogP contribution >= 0.6 is 0 Å². The molecule has 0 saturated heterocycles. The fraction of sp³-hybridized carbons (Fsp3) is 0.250. The molecule has 4 rings (SSSR count). The fourth-order valence-electron chi connectivity index (χ4n) is 2.52. The summed E-state index contributed by atoms with van der Waals surface area (Å²) in [4.78, 5) is 20.1. The van der Waals surface area contributed by atoms with E-state index in [1.807, 2.05) is 0 Å². The number of amides is 1. The second-order valence-electron chi connectivity index (χ2n) is 5.78. The van der Waals surface area contributed by atoms with Crippen LogP contribution in [0.5, 0.6) is 0 Å². The van der Waals surface area contributed by atoms with Gasteiger partial charge in [0, 0.05) is 24.0 Å². The first-order valence-corrected chi connectivity index (χ1v) is 7.62. The molecular formula is C16H12F3N5O. The molecule has 3 aromatic heterocycles. The monoisotopic (exact) mass is 347 g/mol. The van der Waals surface area contributed by atoms with E-state index in [2.05, 4.69) is 20.4 Å². The van der Waals surface area contributed by atoms with Gasteiger partial charge in [0.05, 0.1) is 0 Å². The largest absolute Gasteiger partial charge is 0.433 e. The topological polar surface area (TPSA) is 72.2 Å². The molecule has 0 bridgehead atoms. The molecule has 0 aliphatic heterocycles. The van der Waals surface area contributed by atoms with Gasteiger partial charge in [0.1, 0.15) is 11.4 Å². The van der Waals surface area contributed by atoms with Crippen LogP contribution in [0.2, 0.25) is 0 Å². The van der Waals surface area contributed by atoms with Crippen molar-refractivity contribution in [3.8, 4) is 11.3 Å². The highest BCUT2D eigenvalue weighted by Gasteiger charge is 2.34. The van der Waals surface area contributed by atoms with Crippen LogP contribution in [0.1, 0.15) is 29.0 Å². The fourth-order valence-corrected chi connectivity index (χ4v) is 2.52. The molecule has 0 unspecified atom stereocenters. The minimum absolute atomic E-state index is 0.0462. The lowest BCUT2D eigenvalue weighted by atomic mass is 10.1. The van der Waals surface area contributed by atoms with Gasteiger partial charge in [-0.2, -0.15) is 18.3 Å².